The summed E-state index contributed by atoms with van der Waals surface area (Å²) in [6.07, 6.45) is 5.34. The average Bonchev–Trinajstić information content (AvgIpc) is 3.07. The standard InChI is InChI=1S/C18H29NO5S/c1-15(19-25(20,21)12-6-11-23-14-22-2)16-7-5-10-18(13-16)24-17-8-3-4-9-17/h5,7,10,13,15,17,19H,3-4,6,8-9,11-12,14H2,1-2H3. The van der Waals surface area contributed by atoms with Crippen LogP contribution < -0.4 is 9.46 Å². The second-order valence-corrected chi connectivity index (χ2v) is 8.30. The first-order valence-corrected chi connectivity index (χ1v) is 10.5. The van der Waals surface area contributed by atoms with Crippen molar-refractivity contribution in [2.75, 3.05) is 26.3 Å². The summed E-state index contributed by atoms with van der Waals surface area (Å²) < 4.78 is 42.9. The SMILES string of the molecule is COCOCCCS(=O)(=O)NC(C)c1cccc(OC2CCCC2)c1. The van der Waals surface area contributed by atoms with Crippen LogP contribution in [0.25, 0.3) is 0 Å². The Morgan fingerprint density at radius 3 is 2.76 bits per heavy atom. The molecular formula is C18H29NO5S. The van der Waals surface area contributed by atoms with Crippen LogP contribution in [0.4, 0.5) is 0 Å². The summed E-state index contributed by atoms with van der Waals surface area (Å²) in [6.45, 7) is 2.37. The minimum atomic E-state index is -3.36. The van der Waals surface area contributed by atoms with Crippen molar-refractivity contribution in [3.05, 3.63) is 29.8 Å². The second-order valence-electron chi connectivity index (χ2n) is 6.42. The van der Waals surface area contributed by atoms with Crippen LogP contribution in [0.1, 0.15) is 50.6 Å². The summed E-state index contributed by atoms with van der Waals surface area (Å²) in [5.41, 5.74) is 0.898. The minimum absolute atomic E-state index is 0.0271. The average molecular weight is 371 g/mol. The van der Waals surface area contributed by atoms with Gasteiger partial charge in [0.2, 0.25) is 10.0 Å². The lowest BCUT2D eigenvalue weighted by molar-refractivity contribution is -0.0298. The summed E-state index contributed by atoms with van der Waals surface area (Å²) in [6, 6.07) is 7.36. The molecule has 6 nitrogen and oxygen atoms in total. The number of nitrogens with one attached hydrogen (secondary N) is 1. The van der Waals surface area contributed by atoms with E-state index in [0.717, 1.165) is 24.2 Å². The molecule has 25 heavy (non-hydrogen) atoms. The van der Waals surface area contributed by atoms with Crippen LogP contribution in [0.2, 0.25) is 0 Å². The molecule has 0 amide bonds. The Balaban J connectivity index is 1.85. The smallest absolute Gasteiger partial charge is 0.212 e. The topological polar surface area (TPSA) is 73.9 Å². The Labute approximate surface area is 150 Å². The lowest BCUT2D eigenvalue weighted by Gasteiger charge is -2.17. The molecule has 2 rings (SSSR count). The van der Waals surface area contributed by atoms with Gasteiger partial charge in [0.1, 0.15) is 12.5 Å². The van der Waals surface area contributed by atoms with E-state index in [2.05, 4.69) is 4.72 Å². The quantitative estimate of drug-likeness (QED) is 0.478. The van der Waals surface area contributed by atoms with Crippen molar-refractivity contribution < 1.29 is 22.6 Å². The molecule has 1 N–H and O–H groups in total. The molecule has 142 valence electrons. The maximum absolute atomic E-state index is 12.2. The molecule has 1 aliphatic rings. The number of rotatable bonds is 11. The largest absolute Gasteiger partial charge is 0.490 e. The molecule has 0 aromatic heterocycles. The van der Waals surface area contributed by atoms with Gasteiger partial charge in [-0.1, -0.05) is 12.1 Å². The van der Waals surface area contributed by atoms with E-state index in [0.29, 0.717) is 13.0 Å². The summed E-state index contributed by atoms with van der Waals surface area (Å²) >= 11 is 0. The number of sulfonamides is 1. The van der Waals surface area contributed by atoms with E-state index < -0.39 is 10.0 Å². The molecule has 1 fully saturated rings. The zero-order valence-corrected chi connectivity index (χ0v) is 15.9. The molecule has 1 unspecified atom stereocenters. The van der Waals surface area contributed by atoms with E-state index in [1.54, 1.807) is 0 Å². The highest BCUT2D eigenvalue weighted by molar-refractivity contribution is 7.89. The molecule has 1 saturated carbocycles. The van der Waals surface area contributed by atoms with Gasteiger partial charge in [0, 0.05) is 13.2 Å². The van der Waals surface area contributed by atoms with Gasteiger partial charge in [-0.3, -0.25) is 0 Å². The van der Waals surface area contributed by atoms with Gasteiger partial charge in [-0.25, -0.2) is 13.1 Å². The summed E-state index contributed by atoms with van der Waals surface area (Å²) in [4.78, 5) is 0. The van der Waals surface area contributed by atoms with Gasteiger partial charge in [0.15, 0.2) is 0 Å². The lowest BCUT2D eigenvalue weighted by Crippen LogP contribution is -2.29. The van der Waals surface area contributed by atoms with Crippen molar-refractivity contribution in [2.45, 2.75) is 51.2 Å². The highest BCUT2D eigenvalue weighted by Gasteiger charge is 2.18. The number of benzene rings is 1. The fraction of sp³-hybridized carbons (Fsp3) is 0.667. The van der Waals surface area contributed by atoms with E-state index >= 15 is 0 Å². The molecular weight excluding hydrogens is 342 g/mol. The van der Waals surface area contributed by atoms with Gasteiger partial charge < -0.3 is 14.2 Å². The Morgan fingerprint density at radius 2 is 2.04 bits per heavy atom. The highest BCUT2D eigenvalue weighted by Crippen LogP contribution is 2.26. The molecule has 1 aromatic carbocycles. The summed E-state index contributed by atoms with van der Waals surface area (Å²) in [5, 5.41) is 0. The zero-order chi connectivity index (χ0) is 18.1. The molecule has 0 bridgehead atoms. The van der Waals surface area contributed by atoms with Crippen molar-refractivity contribution in [2.24, 2.45) is 0 Å². The molecule has 0 spiro atoms. The fourth-order valence-corrected chi connectivity index (χ4v) is 4.24. The van der Waals surface area contributed by atoms with Crippen molar-refractivity contribution in [1.82, 2.24) is 4.72 Å². The lowest BCUT2D eigenvalue weighted by atomic mass is 10.1. The predicted octanol–water partition coefficient (Wildman–Crippen LogP) is 3.00. The molecule has 0 saturated heterocycles. The first-order valence-electron chi connectivity index (χ1n) is 8.83. The van der Waals surface area contributed by atoms with E-state index in [-0.39, 0.29) is 24.7 Å². The number of hydrogen-bond donors (Lipinski definition) is 1. The van der Waals surface area contributed by atoms with Crippen LogP contribution in [-0.2, 0) is 19.5 Å². The predicted molar refractivity (Wildman–Crippen MR) is 97.1 cm³/mol. The summed E-state index contributed by atoms with van der Waals surface area (Å²) in [7, 11) is -1.83. The Bertz CT molecular complexity index is 614. The van der Waals surface area contributed by atoms with Crippen LogP contribution in [0, 0.1) is 0 Å². The Morgan fingerprint density at radius 1 is 1.28 bits per heavy atom. The van der Waals surface area contributed by atoms with Crippen molar-refractivity contribution in [1.29, 1.82) is 0 Å². The Hall–Kier alpha value is -1.15. The van der Waals surface area contributed by atoms with E-state index in [9.17, 15) is 8.42 Å². The number of ether oxygens (including phenoxy) is 3. The maximum atomic E-state index is 12.2. The van der Waals surface area contributed by atoms with Crippen molar-refractivity contribution >= 4 is 10.0 Å². The fourth-order valence-electron chi connectivity index (χ4n) is 2.95. The van der Waals surface area contributed by atoms with Gasteiger partial charge in [-0.05, 0) is 56.7 Å². The first-order chi connectivity index (χ1) is 12.0. The van der Waals surface area contributed by atoms with Gasteiger partial charge >= 0.3 is 0 Å². The van der Waals surface area contributed by atoms with E-state index in [4.69, 9.17) is 14.2 Å². The van der Waals surface area contributed by atoms with Gasteiger partial charge in [0.25, 0.3) is 0 Å². The number of hydrogen-bond acceptors (Lipinski definition) is 5. The normalized spacial score (nSPS) is 16.9. The minimum Gasteiger partial charge on any atom is -0.490 e. The third kappa shape index (κ3) is 7.32. The van der Waals surface area contributed by atoms with Crippen LogP contribution >= 0.6 is 0 Å². The molecule has 0 radical (unpaired) electrons. The zero-order valence-electron chi connectivity index (χ0n) is 15.1. The molecule has 1 atom stereocenters. The molecule has 1 aliphatic carbocycles. The number of methoxy groups -OCH3 is 1. The van der Waals surface area contributed by atoms with Gasteiger partial charge in [0.05, 0.1) is 18.5 Å². The van der Waals surface area contributed by atoms with Crippen molar-refractivity contribution in [3.63, 3.8) is 0 Å². The second kappa shape index (κ2) is 10.1. The Kier molecular flexibility index (Phi) is 8.15. The van der Waals surface area contributed by atoms with Crippen LogP contribution in [0.5, 0.6) is 5.75 Å². The van der Waals surface area contributed by atoms with Gasteiger partial charge in [-0.2, -0.15) is 0 Å². The highest BCUT2D eigenvalue weighted by atomic mass is 32.2. The summed E-state index contributed by atoms with van der Waals surface area (Å²) in [5.74, 6) is 0.836. The first kappa shape index (κ1) is 20.2. The van der Waals surface area contributed by atoms with E-state index in [1.165, 1.54) is 20.0 Å². The molecule has 1 aromatic rings. The van der Waals surface area contributed by atoms with Crippen molar-refractivity contribution in [3.8, 4) is 5.75 Å². The van der Waals surface area contributed by atoms with Crippen LogP contribution in [0.15, 0.2) is 24.3 Å². The van der Waals surface area contributed by atoms with Crippen LogP contribution in [-0.4, -0.2) is 40.8 Å². The third-order valence-electron chi connectivity index (χ3n) is 4.22. The van der Waals surface area contributed by atoms with E-state index in [1.807, 2.05) is 31.2 Å². The van der Waals surface area contributed by atoms with Gasteiger partial charge in [-0.15, -0.1) is 0 Å². The van der Waals surface area contributed by atoms with Crippen LogP contribution in [0.3, 0.4) is 0 Å². The third-order valence-corrected chi connectivity index (χ3v) is 5.76. The molecule has 0 heterocycles. The maximum Gasteiger partial charge on any atom is 0.212 e. The molecule has 0 aliphatic heterocycles. The molecule has 7 heteroatoms. The monoisotopic (exact) mass is 371 g/mol.